The number of nitrogens with zero attached hydrogens (tertiary/aromatic N) is 3. The predicted molar refractivity (Wildman–Crippen MR) is 172 cm³/mol. The van der Waals surface area contributed by atoms with Crippen molar-refractivity contribution in [3.05, 3.63) is 60.3 Å². The molecule has 4 amide bonds. The largest absolute Gasteiger partial charge is 0.492 e. The summed E-state index contributed by atoms with van der Waals surface area (Å²) in [6.07, 6.45) is 3.62. The van der Waals surface area contributed by atoms with Gasteiger partial charge in [-0.05, 0) is 67.1 Å². The van der Waals surface area contributed by atoms with Gasteiger partial charge in [0.05, 0.1) is 43.3 Å². The Morgan fingerprint density at radius 3 is 2.46 bits per heavy atom. The first kappa shape index (κ1) is 34.2. The van der Waals surface area contributed by atoms with Gasteiger partial charge >= 0.3 is 0 Å². The molecule has 0 radical (unpaired) electrons. The zero-order valence-corrected chi connectivity index (χ0v) is 26.2. The molecular weight excluding hydrogens is 624 g/mol. The number of nitriles is 1. The summed E-state index contributed by atoms with van der Waals surface area (Å²) in [5.74, 6) is -4.16. The third kappa shape index (κ3) is 8.40. The maximum Gasteiger partial charge on any atom is 0.268 e. The topological polar surface area (TPSA) is 180 Å². The van der Waals surface area contributed by atoms with E-state index in [2.05, 4.69) is 20.9 Å². The quantitative estimate of drug-likeness (QED) is 0.226. The number of amides is 4. The molecule has 1 aliphatic heterocycles. The zero-order valence-electron chi connectivity index (χ0n) is 26.2. The molecule has 14 heteroatoms. The standard InChI is InChI=1S/C34H37F2N7O5/c35-34(36)16-25(17-37)43(20-34)31(45)19-41-33(47)27-11-12-39-29-10-5-23(15-28(27)29)21-3-8-26(9-4-21)48-14-13-40-32(46)22-1-6-24(7-2-22)42-30(44)18-38/h3-5,8-12,15,22,24-25H,1-2,6-7,13-14,16,18-20,38H2,(H,40,46)(H,41,47)(H,42,44)/t22?,24?,25-/m0/s1. The molecule has 2 fully saturated rings. The summed E-state index contributed by atoms with van der Waals surface area (Å²) >= 11 is 0. The Kier molecular flexibility index (Phi) is 10.8. The fourth-order valence-corrected chi connectivity index (χ4v) is 6.09. The Labute approximate surface area is 276 Å². The van der Waals surface area contributed by atoms with Crippen molar-refractivity contribution in [1.82, 2.24) is 25.8 Å². The molecule has 1 saturated heterocycles. The molecule has 0 bridgehead atoms. The van der Waals surface area contributed by atoms with Crippen molar-refractivity contribution in [3.63, 3.8) is 0 Å². The number of hydrogen-bond donors (Lipinski definition) is 4. The summed E-state index contributed by atoms with van der Waals surface area (Å²) in [6.45, 7) is -0.795. The minimum Gasteiger partial charge on any atom is -0.492 e. The van der Waals surface area contributed by atoms with Crippen molar-refractivity contribution in [2.45, 2.75) is 50.1 Å². The average molecular weight is 662 g/mol. The van der Waals surface area contributed by atoms with Crippen LogP contribution in [0.4, 0.5) is 8.78 Å². The number of nitrogens with two attached hydrogens (primary N) is 1. The van der Waals surface area contributed by atoms with Gasteiger partial charge in [-0.3, -0.25) is 24.2 Å². The van der Waals surface area contributed by atoms with E-state index in [9.17, 15) is 28.0 Å². The molecule has 1 aromatic heterocycles. The van der Waals surface area contributed by atoms with Crippen molar-refractivity contribution in [3.8, 4) is 22.9 Å². The number of ether oxygens (including phenoxy) is 1. The zero-order chi connectivity index (χ0) is 34.3. The highest BCUT2D eigenvalue weighted by atomic mass is 19.3. The van der Waals surface area contributed by atoms with Crippen LogP contribution < -0.4 is 26.4 Å². The number of benzene rings is 2. The molecule has 0 unspecified atom stereocenters. The Balaban J connectivity index is 1.12. The van der Waals surface area contributed by atoms with Gasteiger partial charge in [-0.15, -0.1) is 0 Å². The molecule has 3 aromatic rings. The monoisotopic (exact) mass is 661 g/mol. The van der Waals surface area contributed by atoms with Gasteiger partial charge in [0.25, 0.3) is 11.8 Å². The number of fused-ring (bicyclic) bond motifs is 1. The first-order valence-electron chi connectivity index (χ1n) is 15.8. The second-order valence-electron chi connectivity index (χ2n) is 12.0. The van der Waals surface area contributed by atoms with Crippen LogP contribution in [0.25, 0.3) is 22.0 Å². The fourth-order valence-electron chi connectivity index (χ4n) is 6.09. The van der Waals surface area contributed by atoms with Crippen LogP contribution in [-0.4, -0.2) is 84.3 Å². The van der Waals surface area contributed by atoms with E-state index in [0.29, 0.717) is 36.0 Å². The van der Waals surface area contributed by atoms with Crippen LogP contribution in [0, 0.1) is 17.2 Å². The Hall–Kier alpha value is -5.16. The molecule has 2 aliphatic rings. The van der Waals surface area contributed by atoms with Crippen LogP contribution in [0.15, 0.2) is 54.7 Å². The van der Waals surface area contributed by atoms with Crippen molar-refractivity contribution in [1.29, 1.82) is 5.26 Å². The molecule has 5 rings (SSSR count). The van der Waals surface area contributed by atoms with E-state index in [0.717, 1.165) is 28.9 Å². The van der Waals surface area contributed by atoms with Gasteiger partial charge in [-0.2, -0.15) is 5.26 Å². The number of nitrogens with one attached hydrogen (secondary N) is 3. The minimum atomic E-state index is -3.15. The Morgan fingerprint density at radius 2 is 1.75 bits per heavy atom. The van der Waals surface area contributed by atoms with Crippen molar-refractivity contribution in [2.75, 3.05) is 32.8 Å². The second-order valence-corrected chi connectivity index (χ2v) is 12.0. The third-order valence-corrected chi connectivity index (χ3v) is 8.63. The van der Waals surface area contributed by atoms with Crippen LogP contribution in [0.3, 0.4) is 0 Å². The number of carbonyl (C=O) groups is 4. The second kappa shape index (κ2) is 15.2. The molecule has 48 heavy (non-hydrogen) atoms. The van der Waals surface area contributed by atoms with E-state index in [1.54, 1.807) is 30.3 Å². The van der Waals surface area contributed by atoms with Gasteiger partial charge in [-0.25, -0.2) is 8.78 Å². The van der Waals surface area contributed by atoms with Crippen molar-refractivity contribution < 1.29 is 32.7 Å². The lowest BCUT2D eigenvalue weighted by Crippen LogP contribution is -2.43. The van der Waals surface area contributed by atoms with E-state index in [-0.39, 0.29) is 42.5 Å². The van der Waals surface area contributed by atoms with E-state index >= 15 is 0 Å². The molecule has 1 atom stereocenters. The van der Waals surface area contributed by atoms with Crippen LogP contribution >= 0.6 is 0 Å². The van der Waals surface area contributed by atoms with Gasteiger partial charge in [0.15, 0.2) is 0 Å². The lowest BCUT2D eigenvalue weighted by molar-refractivity contribution is -0.131. The van der Waals surface area contributed by atoms with Crippen molar-refractivity contribution >= 4 is 34.5 Å². The number of alkyl halides is 2. The number of rotatable bonds is 11. The molecule has 1 aliphatic carbocycles. The predicted octanol–water partition coefficient (Wildman–Crippen LogP) is 2.52. The molecule has 12 nitrogen and oxygen atoms in total. The highest BCUT2D eigenvalue weighted by molar-refractivity contribution is 6.07. The van der Waals surface area contributed by atoms with Crippen LogP contribution in [0.5, 0.6) is 5.75 Å². The molecule has 0 spiro atoms. The summed E-state index contributed by atoms with van der Waals surface area (Å²) in [5.41, 5.74) is 7.80. The van der Waals surface area contributed by atoms with Gasteiger partial charge in [0.2, 0.25) is 17.7 Å². The van der Waals surface area contributed by atoms with Gasteiger partial charge in [0, 0.05) is 30.0 Å². The number of hydrogen-bond acceptors (Lipinski definition) is 8. The maximum absolute atomic E-state index is 13.8. The highest BCUT2D eigenvalue weighted by Gasteiger charge is 2.47. The average Bonchev–Trinajstić information content (AvgIpc) is 3.43. The van der Waals surface area contributed by atoms with E-state index in [4.69, 9.17) is 15.7 Å². The molecule has 2 heterocycles. The lowest BCUT2D eigenvalue weighted by Gasteiger charge is -2.28. The van der Waals surface area contributed by atoms with Crippen molar-refractivity contribution in [2.24, 2.45) is 11.7 Å². The Bertz CT molecular complexity index is 1700. The molecule has 5 N–H and O–H groups in total. The maximum atomic E-state index is 13.8. The Morgan fingerprint density at radius 1 is 1.02 bits per heavy atom. The lowest BCUT2D eigenvalue weighted by atomic mass is 9.85. The molecular formula is C34H37F2N7O5. The number of likely N-dealkylation sites (tertiary alicyclic amines) is 1. The van der Waals surface area contributed by atoms with Gasteiger partial charge < -0.3 is 31.3 Å². The normalized spacial score (nSPS) is 20.0. The van der Waals surface area contributed by atoms with Gasteiger partial charge in [0.1, 0.15) is 18.4 Å². The number of halogens is 2. The van der Waals surface area contributed by atoms with Crippen LogP contribution in [0.2, 0.25) is 0 Å². The van der Waals surface area contributed by atoms with E-state index in [1.807, 2.05) is 18.2 Å². The number of carbonyl (C=O) groups excluding carboxylic acids is 4. The van der Waals surface area contributed by atoms with E-state index < -0.39 is 43.3 Å². The third-order valence-electron chi connectivity index (χ3n) is 8.63. The minimum absolute atomic E-state index is 0.0214. The summed E-state index contributed by atoms with van der Waals surface area (Å²) in [7, 11) is 0. The summed E-state index contributed by atoms with van der Waals surface area (Å²) in [6, 6.07) is 14.8. The molecule has 2 aromatic carbocycles. The van der Waals surface area contributed by atoms with Crippen LogP contribution in [0.1, 0.15) is 42.5 Å². The van der Waals surface area contributed by atoms with E-state index in [1.165, 1.54) is 12.3 Å². The number of pyridine rings is 1. The fraction of sp³-hybridized carbons (Fsp3) is 0.412. The summed E-state index contributed by atoms with van der Waals surface area (Å²) in [4.78, 5) is 54.8. The first-order valence-corrected chi connectivity index (χ1v) is 15.8. The summed E-state index contributed by atoms with van der Waals surface area (Å²) in [5, 5.41) is 18.0. The molecule has 1 saturated carbocycles. The van der Waals surface area contributed by atoms with Crippen LogP contribution in [-0.2, 0) is 14.4 Å². The molecule has 252 valence electrons. The SMILES string of the molecule is N#C[C@@H]1CC(F)(F)CN1C(=O)CNC(=O)c1ccnc2ccc(-c3ccc(OCCNC(=O)C4CCC(NC(=O)CN)CC4)cc3)cc12. The summed E-state index contributed by atoms with van der Waals surface area (Å²) < 4.78 is 33.3. The smallest absolute Gasteiger partial charge is 0.268 e. The first-order chi connectivity index (χ1) is 23.1. The highest BCUT2D eigenvalue weighted by Crippen LogP contribution is 2.32. The number of aromatic nitrogens is 1. The van der Waals surface area contributed by atoms with Gasteiger partial charge in [-0.1, -0.05) is 18.2 Å².